The van der Waals surface area contributed by atoms with Crippen molar-refractivity contribution in [3.05, 3.63) is 71.3 Å². The molecule has 1 aromatic heterocycles. The van der Waals surface area contributed by atoms with Gasteiger partial charge < -0.3 is 14.5 Å². The lowest BCUT2D eigenvalue weighted by molar-refractivity contribution is -0.173. The second kappa shape index (κ2) is 8.04. The number of fused-ring (bicyclic) bond motifs is 1. The van der Waals surface area contributed by atoms with Crippen molar-refractivity contribution in [1.82, 2.24) is 14.8 Å². The summed E-state index contributed by atoms with van der Waals surface area (Å²) in [6, 6.07) is 18.4. The molecule has 3 aliphatic rings. The van der Waals surface area contributed by atoms with Crippen LogP contribution < -0.4 is 9.74 Å². The van der Waals surface area contributed by atoms with Gasteiger partial charge in [0.1, 0.15) is 11.8 Å². The van der Waals surface area contributed by atoms with Crippen molar-refractivity contribution in [2.24, 2.45) is 0 Å². The van der Waals surface area contributed by atoms with Gasteiger partial charge in [0, 0.05) is 44.7 Å². The number of aromatic nitrogens is 2. The van der Waals surface area contributed by atoms with E-state index >= 15 is 0 Å². The number of carbonyl (C=O) groups excluding carboxylic acids is 2. The number of anilines is 1. The second-order valence-corrected chi connectivity index (χ2v) is 8.66. The van der Waals surface area contributed by atoms with Crippen LogP contribution in [-0.2, 0) is 27.2 Å². The quantitative estimate of drug-likeness (QED) is 0.450. The topological polar surface area (TPSA) is 76.9 Å². The lowest BCUT2D eigenvalue weighted by Crippen LogP contribution is -2.47. The Morgan fingerprint density at radius 3 is 2.48 bits per heavy atom. The summed E-state index contributed by atoms with van der Waals surface area (Å²) in [6.45, 7) is 4.43. The summed E-state index contributed by atoms with van der Waals surface area (Å²) >= 11 is 0. The van der Waals surface area contributed by atoms with Gasteiger partial charge in [0.2, 0.25) is 0 Å². The Balaban J connectivity index is 1.27. The molecule has 4 bridgehead atoms. The molecule has 0 saturated carbocycles. The maximum absolute atomic E-state index is 12.2. The summed E-state index contributed by atoms with van der Waals surface area (Å²) < 4.78 is 5.58. The van der Waals surface area contributed by atoms with Crippen LogP contribution in [0.1, 0.15) is 22.8 Å². The molecule has 1 aliphatic carbocycles. The van der Waals surface area contributed by atoms with Gasteiger partial charge in [-0.15, -0.1) is 5.10 Å². The van der Waals surface area contributed by atoms with Crippen molar-refractivity contribution in [3.63, 3.8) is 0 Å². The van der Waals surface area contributed by atoms with Crippen LogP contribution in [0.5, 0.6) is 0 Å². The first-order chi connectivity index (χ1) is 16.2. The lowest BCUT2D eigenvalue weighted by Gasteiger charge is -2.36. The van der Waals surface area contributed by atoms with E-state index in [0.717, 1.165) is 61.7 Å². The van der Waals surface area contributed by atoms with E-state index in [1.165, 1.54) is 10.4 Å². The van der Waals surface area contributed by atoms with Crippen LogP contribution >= 0.6 is 0 Å². The summed E-state index contributed by atoms with van der Waals surface area (Å²) in [4.78, 5) is 35.6. The summed E-state index contributed by atoms with van der Waals surface area (Å²) in [5, 5.41) is 4.65. The predicted octanol–water partition coefficient (Wildman–Crippen LogP) is 2.02. The molecule has 2 aromatic carbocycles. The molecule has 0 spiro atoms. The van der Waals surface area contributed by atoms with Crippen LogP contribution in [0.15, 0.2) is 54.6 Å². The molecule has 1 unspecified atom stereocenters. The van der Waals surface area contributed by atoms with E-state index in [1.807, 2.05) is 30.3 Å². The molecule has 6 rings (SSSR count). The van der Waals surface area contributed by atoms with Crippen molar-refractivity contribution in [2.45, 2.75) is 18.9 Å². The van der Waals surface area contributed by atoms with Crippen LogP contribution in [0.25, 0.3) is 11.3 Å². The molecule has 3 heterocycles. The third kappa shape index (κ3) is 3.56. The predicted molar refractivity (Wildman–Crippen MR) is 121 cm³/mol. The molecule has 2 aliphatic heterocycles. The van der Waals surface area contributed by atoms with Gasteiger partial charge in [-0.1, -0.05) is 59.4 Å². The molecule has 1 saturated heterocycles. The number of carbonyl (C=O) groups is 2. The minimum Gasteiger partial charge on any atom is -0.448 e. The van der Waals surface area contributed by atoms with Crippen molar-refractivity contribution in [1.29, 1.82) is 0 Å². The molecular formula is C25H24N4O4. The smallest absolute Gasteiger partial charge is 0.443 e. The molecule has 0 N–H and O–H groups in total. The zero-order valence-electron chi connectivity index (χ0n) is 18.1. The monoisotopic (exact) mass is 444 g/mol. The van der Waals surface area contributed by atoms with E-state index in [2.05, 4.69) is 39.2 Å². The van der Waals surface area contributed by atoms with E-state index < -0.39 is 18.0 Å². The molecule has 8 nitrogen and oxygen atoms in total. The number of benzene rings is 2. The Morgan fingerprint density at radius 1 is 0.909 bits per heavy atom. The van der Waals surface area contributed by atoms with E-state index in [1.54, 1.807) is 0 Å². The van der Waals surface area contributed by atoms with Gasteiger partial charge in [-0.05, 0) is 17.5 Å². The number of ether oxygens (including phenoxy) is 1. The number of hydrogen-bond donors (Lipinski definition) is 0. The van der Waals surface area contributed by atoms with Gasteiger partial charge in [-0.2, -0.15) is 0 Å². The molecule has 8 heteroatoms. The second-order valence-electron chi connectivity index (χ2n) is 8.66. The van der Waals surface area contributed by atoms with Crippen molar-refractivity contribution >= 4 is 17.8 Å². The first-order valence-corrected chi connectivity index (χ1v) is 11.3. The van der Waals surface area contributed by atoms with E-state index in [4.69, 9.17) is 9.57 Å². The highest BCUT2D eigenvalue weighted by atomic mass is 16.7. The standard InChI is InChI=1S/C25H24N4O4/c30-24-25(31)33-29-22-19-9-5-4-8-18(19)16-20(32-24)21(22)23(26-29)28-14-12-27(13-15-28)11-10-17-6-2-1-3-7-17/h1-9,20H,10-16H2. The van der Waals surface area contributed by atoms with Crippen molar-refractivity contribution in [2.75, 3.05) is 37.6 Å². The van der Waals surface area contributed by atoms with E-state index in [9.17, 15) is 9.59 Å². The Labute approximate surface area is 191 Å². The molecule has 33 heavy (non-hydrogen) atoms. The molecular weight excluding hydrogens is 420 g/mol. The number of rotatable bonds is 4. The highest BCUT2D eigenvalue weighted by Gasteiger charge is 2.41. The van der Waals surface area contributed by atoms with Gasteiger partial charge in [0.05, 0.1) is 5.56 Å². The van der Waals surface area contributed by atoms with Gasteiger partial charge in [-0.3, -0.25) is 4.90 Å². The average molecular weight is 444 g/mol. The van der Waals surface area contributed by atoms with Crippen molar-refractivity contribution in [3.8, 4) is 11.3 Å². The highest BCUT2D eigenvalue weighted by Crippen LogP contribution is 2.45. The van der Waals surface area contributed by atoms with Gasteiger partial charge in [0.25, 0.3) is 0 Å². The fourth-order valence-corrected chi connectivity index (χ4v) is 4.98. The molecule has 3 aromatic rings. The first-order valence-electron chi connectivity index (χ1n) is 11.3. The summed E-state index contributed by atoms with van der Waals surface area (Å²) in [5.74, 6) is -1.30. The van der Waals surface area contributed by atoms with E-state index in [0.29, 0.717) is 12.1 Å². The van der Waals surface area contributed by atoms with Crippen LogP contribution in [0, 0.1) is 0 Å². The molecule has 1 atom stereocenters. The summed E-state index contributed by atoms with van der Waals surface area (Å²) in [7, 11) is 0. The normalized spacial score (nSPS) is 19.9. The highest BCUT2D eigenvalue weighted by molar-refractivity contribution is 6.30. The van der Waals surface area contributed by atoms with Crippen LogP contribution in [-0.4, -0.2) is 59.5 Å². The van der Waals surface area contributed by atoms with E-state index in [-0.39, 0.29) is 0 Å². The Bertz CT molecular complexity index is 1210. The van der Waals surface area contributed by atoms with Crippen molar-refractivity contribution < 1.29 is 19.2 Å². The molecule has 168 valence electrons. The molecule has 1 fully saturated rings. The molecule has 0 amide bonds. The Hall–Kier alpha value is -3.65. The summed E-state index contributed by atoms with van der Waals surface area (Å²) in [5.41, 5.74) is 4.86. The third-order valence-electron chi connectivity index (χ3n) is 6.69. The summed E-state index contributed by atoms with van der Waals surface area (Å²) in [6.07, 6.45) is 0.975. The minimum atomic E-state index is -1.05. The maximum Gasteiger partial charge on any atom is 0.443 e. The zero-order valence-corrected chi connectivity index (χ0v) is 18.1. The fourth-order valence-electron chi connectivity index (χ4n) is 4.98. The van der Waals surface area contributed by atoms with Gasteiger partial charge in [-0.25, -0.2) is 9.59 Å². The average Bonchev–Trinajstić information content (AvgIpc) is 3.24. The minimum absolute atomic E-state index is 0.512. The SMILES string of the molecule is O=C1OC2Cc3ccccc3-c3c2c(N2CCN(CCc4ccccc4)CC2)nn3OC1=O. The number of piperazine rings is 1. The van der Waals surface area contributed by atoms with Crippen LogP contribution in [0.3, 0.4) is 0 Å². The first kappa shape index (κ1) is 20.0. The van der Waals surface area contributed by atoms with Crippen LogP contribution in [0.4, 0.5) is 5.82 Å². The number of nitrogens with zero attached hydrogens (tertiary/aromatic N) is 4. The maximum atomic E-state index is 12.2. The van der Waals surface area contributed by atoms with Crippen LogP contribution in [0.2, 0.25) is 0 Å². The van der Waals surface area contributed by atoms with Gasteiger partial charge in [0.15, 0.2) is 5.82 Å². The fraction of sp³-hybridized carbons (Fsp3) is 0.320. The zero-order chi connectivity index (χ0) is 22.4. The third-order valence-corrected chi connectivity index (χ3v) is 6.69. The van der Waals surface area contributed by atoms with Gasteiger partial charge >= 0.3 is 11.9 Å². The largest absolute Gasteiger partial charge is 0.448 e. The number of hydrogen-bond acceptors (Lipinski definition) is 7. The molecule has 0 radical (unpaired) electrons. The number of esters is 1. The Morgan fingerprint density at radius 2 is 1.67 bits per heavy atom. The lowest BCUT2D eigenvalue weighted by atomic mass is 9.87. The Kier molecular flexibility index (Phi) is 4.87.